The lowest BCUT2D eigenvalue weighted by Gasteiger charge is -2.47. The first-order chi connectivity index (χ1) is 15.2. The van der Waals surface area contributed by atoms with Crippen LogP contribution in [0.15, 0.2) is 77.8 Å². The average Bonchev–Trinajstić information content (AvgIpc) is 2.80. The lowest BCUT2D eigenvalue weighted by molar-refractivity contribution is 0.145. The standard InChI is InChI=1S/C27H26Cl2N2/c28-22-10-11-24(25(29)17-22)23-9-5-4-8-21(23)16-26-27(20-12-14-31(26)15-13-20)30-18-19-6-2-1-3-7-19/h1-11,17,20,26H,12-16,18H2. The van der Waals surface area contributed by atoms with E-state index < -0.39 is 0 Å². The lowest BCUT2D eigenvalue weighted by atomic mass is 9.78. The summed E-state index contributed by atoms with van der Waals surface area (Å²) in [5.74, 6) is 0.616. The van der Waals surface area contributed by atoms with E-state index in [0.29, 0.717) is 22.0 Å². The van der Waals surface area contributed by atoms with E-state index in [1.165, 1.54) is 48.3 Å². The Labute approximate surface area is 194 Å². The third-order valence-electron chi connectivity index (χ3n) is 6.67. The summed E-state index contributed by atoms with van der Waals surface area (Å²) in [5.41, 5.74) is 6.21. The van der Waals surface area contributed by atoms with Gasteiger partial charge in [0.25, 0.3) is 0 Å². The van der Waals surface area contributed by atoms with Crippen molar-refractivity contribution < 1.29 is 0 Å². The van der Waals surface area contributed by atoms with Crippen LogP contribution in [0.25, 0.3) is 11.1 Å². The predicted molar refractivity (Wildman–Crippen MR) is 131 cm³/mol. The number of hydrogen-bond donors (Lipinski definition) is 0. The molecule has 0 N–H and O–H groups in total. The van der Waals surface area contributed by atoms with Crippen LogP contribution in [-0.4, -0.2) is 29.7 Å². The van der Waals surface area contributed by atoms with E-state index in [-0.39, 0.29) is 0 Å². The number of halogens is 2. The highest BCUT2D eigenvalue weighted by atomic mass is 35.5. The van der Waals surface area contributed by atoms with Crippen LogP contribution in [0.1, 0.15) is 24.0 Å². The van der Waals surface area contributed by atoms with Crippen molar-refractivity contribution in [3.63, 3.8) is 0 Å². The Balaban J connectivity index is 1.47. The van der Waals surface area contributed by atoms with Gasteiger partial charge < -0.3 is 0 Å². The molecule has 0 aliphatic carbocycles. The van der Waals surface area contributed by atoms with Crippen LogP contribution >= 0.6 is 23.2 Å². The molecule has 1 atom stereocenters. The van der Waals surface area contributed by atoms with Crippen molar-refractivity contribution in [2.45, 2.75) is 31.8 Å². The van der Waals surface area contributed by atoms with Gasteiger partial charge in [0.1, 0.15) is 0 Å². The topological polar surface area (TPSA) is 15.6 Å². The first-order valence-corrected chi connectivity index (χ1v) is 11.8. The SMILES string of the molecule is Clc1ccc(-c2ccccc2CC2C(=NCc3ccccc3)C3CCN2CC3)c(Cl)c1. The average molecular weight is 449 g/mol. The minimum atomic E-state index is 0.364. The highest BCUT2D eigenvalue weighted by molar-refractivity contribution is 6.36. The number of rotatable bonds is 5. The number of fused-ring (bicyclic) bond motifs is 3. The lowest BCUT2D eigenvalue weighted by Crippen LogP contribution is -2.56. The summed E-state index contributed by atoms with van der Waals surface area (Å²) in [5, 5.41) is 1.36. The maximum absolute atomic E-state index is 6.57. The van der Waals surface area contributed by atoms with Gasteiger partial charge in [0.05, 0.1) is 12.6 Å². The molecule has 2 nitrogen and oxygen atoms in total. The molecule has 3 heterocycles. The normalized spacial score (nSPS) is 23.9. The molecule has 1 unspecified atom stereocenters. The Morgan fingerprint density at radius 2 is 1.58 bits per heavy atom. The Morgan fingerprint density at radius 1 is 0.839 bits per heavy atom. The zero-order valence-corrected chi connectivity index (χ0v) is 19.0. The van der Waals surface area contributed by atoms with Crippen LogP contribution in [0, 0.1) is 5.92 Å². The van der Waals surface area contributed by atoms with E-state index in [2.05, 4.69) is 59.5 Å². The van der Waals surface area contributed by atoms with Crippen LogP contribution in [0.3, 0.4) is 0 Å². The van der Waals surface area contributed by atoms with E-state index in [1.807, 2.05) is 18.2 Å². The van der Waals surface area contributed by atoms with Crippen molar-refractivity contribution in [2.75, 3.05) is 13.1 Å². The fourth-order valence-corrected chi connectivity index (χ4v) is 5.59. The molecule has 3 aromatic rings. The molecule has 0 amide bonds. The molecule has 3 aliphatic heterocycles. The van der Waals surface area contributed by atoms with Crippen molar-refractivity contribution >= 4 is 28.9 Å². The highest BCUT2D eigenvalue weighted by Gasteiger charge is 2.39. The molecule has 158 valence electrons. The summed E-state index contributed by atoms with van der Waals surface area (Å²) in [7, 11) is 0. The van der Waals surface area contributed by atoms with Gasteiger partial charge in [0.2, 0.25) is 0 Å². The Hall–Kier alpha value is -2.13. The molecular weight excluding hydrogens is 423 g/mol. The fourth-order valence-electron chi connectivity index (χ4n) is 5.08. The number of hydrogen-bond acceptors (Lipinski definition) is 2. The molecule has 3 saturated heterocycles. The molecule has 0 aromatic heterocycles. The molecule has 0 saturated carbocycles. The van der Waals surface area contributed by atoms with Crippen molar-refractivity contribution in [1.82, 2.24) is 4.90 Å². The Bertz CT molecular complexity index is 1090. The second-order valence-corrected chi connectivity index (χ2v) is 9.38. The molecule has 0 radical (unpaired) electrons. The second-order valence-electron chi connectivity index (χ2n) is 8.54. The first-order valence-electron chi connectivity index (χ1n) is 11.0. The zero-order valence-electron chi connectivity index (χ0n) is 17.5. The maximum atomic E-state index is 6.57. The van der Waals surface area contributed by atoms with Crippen LogP contribution in [0.4, 0.5) is 0 Å². The molecule has 4 heteroatoms. The monoisotopic (exact) mass is 448 g/mol. The number of benzene rings is 3. The Kier molecular flexibility index (Phi) is 6.13. The second kappa shape index (κ2) is 9.16. The van der Waals surface area contributed by atoms with Gasteiger partial charge in [0.15, 0.2) is 0 Å². The van der Waals surface area contributed by atoms with Crippen LogP contribution in [-0.2, 0) is 13.0 Å². The molecule has 3 aromatic carbocycles. The summed E-state index contributed by atoms with van der Waals surface area (Å²) in [4.78, 5) is 7.81. The third kappa shape index (κ3) is 4.43. The van der Waals surface area contributed by atoms with Gasteiger partial charge in [-0.2, -0.15) is 0 Å². The van der Waals surface area contributed by atoms with E-state index in [4.69, 9.17) is 28.2 Å². The minimum Gasteiger partial charge on any atom is -0.295 e. The molecule has 6 rings (SSSR count). The number of aliphatic imine (C=N–C) groups is 1. The van der Waals surface area contributed by atoms with Crippen molar-refractivity contribution in [1.29, 1.82) is 0 Å². The number of piperidine rings is 3. The van der Waals surface area contributed by atoms with Crippen molar-refractivity contribution in [2.24, 2.45) is 10.9 Å². The van der Waals surface area contributed by atoms with E-state index in [1.54, 1.807) is 0 Å². The molecule has 31 heavy (non-hydrogen) atoms. The van der Waals surface area contributed by atoms with E-state index in [9.17, 15) is 0 Å². The fraction of sp³-hybridized carbons (Fsp3) is 0.296. The van der Waals surface area contributed by atoms with Gasteiger partial charge in [-0.3, -0.25) is 9.89 Å². The quantitative estimate of drug-likeness (QED) is 0.412. The summed E-state index contributed by atoms with van der Waals surface area (Å²) in [6, 6.07) is 25.3. The van der Waals surface area contributed by atoms with E-state index >= 15 is 0 Å². The molecule has 0 spiro atoms. The predicted octanol–water partition coefficient (Wildman–Crippen LogP) is 6.94. The van der Waals surface area contributed by atoms with Crippen LogP contribution in [0.2, 0.25) is 10.0 Å². The molecule has 2 bridgehead atoms. The molecule has 3 fully saturated rings. The van der Waals surface area contributed by atoms with Gasteiger partial charge in [-0.1, -0.05) is 83.9 Å². The third-order valence-corrected chi connectivity index (χ3v) is 7.22. The van der Waals surface area contributed by atoms with Gasteiger partial charge >= 0.3 is 0 Å². The smallest absolute Gasteiger partial charge is 0.0639 e. The summed E-state index contributed by atoms with van der Waals surface area (Å²) in [6.45, 7) is 3.11. The van der Waals surface area contributed by atoms with E-state index in [0.717, 1.165) is 18.5 Å². The summed E-state index contributed by atoms with van der Waals surface area (Å²) in [6.07, 6.45) is 3.42. The largest absolute Gasteiger partial charge is 0.295 e. The van der Waals surface area contributed by atoms with Crippen LogP contribution in [0.5, 0.6) is 0 Å². The maximum Gasteiger partial charge on any atom is 0.0639 e. The minimum absolute atomic E-state index is 0.364. The van der Waals surface area contributed by atoms with Crippen LogP contribution < -0.4 is 0 Å². The first kappa shape index (κ1) is 20.8. The van der Waals surface area contributed by atoms with Crippen molar-refractivity contribution in [3.05, 3.63) is 94.0 Å². The van der Waals surface area contributed by atoms with Gasteiger partial charge in [-0.15, -0.1) is 0 Å². The Morgan fingerprint density at radius 3 is 2.35 bits per heavy atom. The highest BCUT2D eigenvalue weighted by Crippen LogP contribution is 2.36. The summed E-state index contributed by atoms with van der Waals surface area (Å²) < 4.78 is 0. The molecule has 3 aliphatic rings. The van der Waals surface area contributed by atoms with Gasteiger partial charge in [0, 0.05) is 27.2 Å². The zero-order chi connectivity index (χ0) is 21.2. The molecular formula is C27H26Cl2N2. The van der Waals surface area contributed by atoms with Crippen molar-refractivity contribution in [3.8, 4) is 11.1 Å². The summed E-state index contributed by atoms with van der Waals surface area (Å²) >= 11 is 12.7. The van der Waals surface area contributed by atoms with Gasteiger partial charge in [-0.25, -0.2) is 0 Å². The van der Waals surface area contributed by atoms with Gasteiger partial charge in [-0.05, 0) is 61.2 Å². The number of nitrogens with zero attached hydrogens (tertiary/aromatic N) is 2.